The van der Waals surface area contributed by atoms with Crippen molar-refractivity contribution in [3.05, 3.63) is 52.2 Å². The Morgan fingerprint density at radius 3 is 2.62 bits per heavy atom. The number of nitriles is 1. The first-order valence-electron chi connectivity index (χ1n) is 6.08. The highest BCUT2D eigenvalue weighted by Gasteiger charge is 2.20. The molecule has 0 atom stereocenters. The number of aromatic nitrogens is 1. The number of carbonyl (C=O) groups is 1. The SMILES string of the molecule is COC(=O)c1c(C#N)cc(Cl)nc1Nc1ccc(C)cc1. The number of aryl methyl sites for hydroxylation is 1. The average molecular weight is 302 g/mol. The Kier molecular flexibility index (Phi) is 4.41. The molecule has 1 aromatic carbocycles. The van der Waals surface area contributed by atoms with Gasteiger partial charge < -0.3 is 10.1 Å². The Bertz CT molecular complexity index is 721. The minimum Gasteiger partial charge on any atom is -0.465 e. The van der Waals surface area contributed by atoms with E-state index < -0.39 is 5.97 Å². The number of ether oxygens (including phenoxy) is 1. The quantitative estimate of drug-likeness (QED) is 0.694. The number of nitrogens with zero attached hydrogens (tertiary/aromatic N) is 2. The van der Waals surface area contributed by atoms with Gasteiger partial charge in [0.2, 0.25) is 0 Å². The standard InChI is InChI=1S/C15H12ClN3O2/c1-9-3-5-11(6-4-9)18-14-13(15(20)21-2)10(8-17)7-12(16)19-14/h3-7H,1-2H3,(H,18,19). The molecule has 0 aliphatic carbocycles. The van der Waals surface area contributed by atoms with Crippen LogP contribution in [0.25, 0.3) is 0 Å². The van der Waals surface area contributed by atoms with Crippen molar-refractivity contribution < 1.29 is 9.53 Å². The second-order valence-corrected chi connectivity index (χ2v) is 4.70. The number of hydrogen-bond donors (Lipinski definition) is 1. The molecule has 6 heteroatoms. The lowest BCUT2D eigenvalue weighted by atomic mass is 10.1. The molecule has 5 nitrogen and oxygen atoms in total. The molecule has 0 aliphatic rings. The number of methoxy groups -OCH3 is 1. The first kappa shape index (κ1) is 14.8. The van der Waals surface area contributed by atoms with E-state index in [0.717, 1.165) is 11.3 Å². The van der Waals surface area contributed by atoms with E-state index in [4.69, 9.17) is 21.6 Å². The van der Waals surface area contributed by atoms with E-state index in [9.17, 15) is 4.79 Å². The molecule has 0 amide bonds. The number of hydrogen-bond acceptors (Lipinski definition) is 5. The van der Waals surface area contributed by atoms with Gasteiger partial charge in [-0.3, -0.25) is 0 Å². The van der Waals surface area contributed by atoms with Crippen molar-refractivity contribution in [2.75, 3.05) is 12.4 Å². The summed E-state index contributed by atoms with van der Waals surface area (Å²) in [6.45, 7) is 1.97. The van der Waals surface area contributed by atoms with E-state index in [1.54, 1.807) is 0 Å². The maximum atomic E-state index is 11.9. The summed E-state index contributed by atoms with van der Waals surface area (Å²) in [7, 11) is 1.24. The van der Waals surface area contributed by atoms with Crippen LogP contribution in [0.3, 0.4) is 0 Å². The number of pyridine rings is 1. The van der Waals surface area contributed by atoms with Gasteiger partial charge in [0.05, 0.1) is 12.7 Å². The predicted octanol–water partition coefficient (Wildman–Crippen LogP) is 3.45. The first-order valence-corrected chi connectivity index (χ1v) is 6.45. The Labute approximate surface area is 127 Å². The van der Waals surface area contributed by atoms with E-state index >= 15 is 0 Å². The monoisotopic (exact) mass is 301 g/mol. The molecule has 0 saturated heterocycles. The van der Waals surface area contributed by atoms with Gasteiger partial charge >= 0.3 is 5.97 Å². The smallest absolute Gasteiger partial charge is 0.343 e. The molecule has 21 heavy (non-hydrogen) atoms. The lowest BCUT2D eigenvalue weighted by Gasteiger charge is -2.11. The number of nitrogens with one attached hydrogen (secondary N) is 1. The van der Waals surface area contributed by atoms with Crippen molar-refractivity contribution in [3.8, 4) is 6.07 Å². The average Bonchev–Trinajstić information content (AvgIpc) is 2.48. The summed E-state index contributed by atoms with van der Waals surface area (Å²) < 4.78 is 4.70. The maximum absolute atomic E-state index is 11.9. The van der Waals surface area contributed by atoms with Crippen LogP contribution in [0.15, 0.2) is 30.3 Å². The van der Waals surface area contributed by atoms with Gasteiger partial charge in [-0.25, -0.2) is 9.78 Å². The first-order chi connectivity index (χ1) is 10.0. The summed E-state index contributed by atoms with van der Waals surface area (Å²) in [5.74, 6) is -0.458. The highest BCUT2D eigenvalue weighted by molar-refractivity contribution is 6.29. The van der Waals surface area contributed by atoms with Crippen LogP contribution >= 0.6 is 11.6 Å². The van der Waals surface area contributed by atoms with E-state index in [-0.39, 0.29) is 22.1 Å². The van der Waals surface area contributed by atoms with E-state index in [0.29, 0.717) is 0 Å². The lowest BCUT2D eigenvalue weighted by Crippen LogP contribution is -2.10. The zero-order valence-electron chi connectivity index (χ0n) is 11.5. The fourth-order valence-electron chi connectivity index (χ4n) is 1.77. The molecule has 0 radical (unpaired) electrons. The fourth-order valence-corrected chi connectivity index (χ4v) is 1.97. The molecule has 0 spiro atoms. The second-order valence-electron chi connectivity index (χ2n) is 4.31. The molecule has 0 fully saturated rings. The molecule has 1 heterocycles. The maximum Gasteiger partial charge on any atom is 0.343 e. The van der Waals surface area contributed by atoms with Crippen LogP contribution < -0.4 is 5.32 Å². The number of halogens is 1. The topological polar surface area (TPSA) is 75.0 Å². The zero-order valence-corrected chi connectivity index (χ0v) is 12.2. The molecule has 0 bridgehead atoms. The van der Waals surface area contributed by atoms with Crippen LogP contribution in [0.5, 0.6) is 0 Å². The molecule has 0 unspecified atom stereocenters. The third kappa shape index (κ3) is 3.30. The number of esters is 1. The highest BCUT2D eigenvalue weighted by atomic mass is 35.5. The third-order valence-corrected chi connectivity index (χ3v) is 3.01. The highest BCUT2D eigenvalue weighted by Crippen LogP contribution is 2.25. The minimum absolute atomic E-state index is 0.0602. The zero-order chi connectivity index (χ0) is 15.4. The third-order valence-electron chi connectivity index (χ3n) is 2.81. The Hall–Kier alpha value is -2.58. The molecule has 1 N–H and O–H groups in total. The van der Waals surface area contributed by atoms with Gasteiger partial charge in [0.1, 0.15) is 22.6 Å². The molecule has 2 aromatic rings. The lowest BCUT2D eigenvalue weighted by molar-refractivity contribution is 0.0601. The van der Waals surface area contributed by atoms with Crippen molar-refractivity contribution >= 4 is 29.1 Å². The number of benzene rings is 1. The summed E-state index contributed by atoms with van der Waals surface area (Å²) in [6.07, 6.45) is 0. The van der Waals surface area contributed by atoms with Crippen LogP contribution in [-0.4, -0.2) is 18.1 Å². The molecule has 0 saturated carbocycles. The summed E-state index contributed by atoms with van der Waals surface area (Å²) >= 11 is 5.89. The van der Waals surface area contributed by atoms with Crippen LogP contribution in [0, 0.1) is 18.3 Å². The van der Waals surface area contributed by atoms with Crippen LogP contribution in [0.2, 0.25) is 5.15 Å². The van der Waals surface area contributed by atoms with Crippen LogP contribution in [0.4, 0.5) is 11.5 Å². The van der Waals surface area contributed by atoms with Crippen LogP contribution in [0.1, 0.15) is 21.5 Å². The molecule has 1 aromatic heterocycles. The normalized spacial score (nSPS) is 9.81. The molecule has 0 aliphatic heterocycles. The molecule has 2 rings (SSSR count). The summed E-state index contributed by atoms with van der Waals surface area (Å²) in [5, 5.41) is 12.2. The summed E-state index contributed by atoms with van der Waals surface area (Å²) in [6, 6.07) is 10.8. The minimum atomic E-state index is -0.648. The Balaban J connectivity index is 2.51. The van der Waals surface area contributed by atoms with Gasteiger partial charge in [0, 0.05) is 5.69 Å². The van der Waals surface area contributed by atoms with E-state index in [1.165, 1.54) is 13.2 Å². The van der Waals surface area contributed by atoms with Gasteiger partial charge in [-0.2, -0.15) is 5.26 Å². The number of carbonyl (C=O) groups excluding carboxylic acids is 1. The summed E-state index contributed by atoms with van der Waals surface area (Å²) in [5.41, 5.74) is 2.00. The molecular weight excluding hydrogens is 290 g/mol. The van der Waals surface area contributed by atoms with Crippen molar-refractivity contribution in [3.63, 3.8) is 0 Å². The fraction of sp³-hybridized carbons (Fsp3) is 0.133. The Morgan fingerprint density at radius 2 is 2.05 bits per heavy atom. The second kappa shape index (κ2) is 6.25. The Morgan fingerprint density at radius 1 is 1.38 bits per heavy atom. The van der Waals surface area contributed by atoms with Gasteiger partial charge in [-0.1, -0.05) is 29.3 Å². The van der Waals surface area contributed by atoms with Gasteiger partial charge in [-0.15, -0.1) is 0 Å². The van der Waals surface area contributed by atoms with Gasteiger partial charge in [-0.05, 0) is 25.1 Å². The van der Waals surface area contributed by atoms with Crippen molar-refractivity contribution in [2.24, 2.45) is 0 Å². The van der Waals surface area contributed by atoms with Crippen LogP contribution in [-0.2, 0) is 4.74 Å². The molecular formula is C15H12ClN3O2. The number of anilines is 2. The van der Waals surface area contributed by atoms with Gasteiger partial charge in [0.25, 0.3) is 0 Å². The van der Waals surface area contributed by atoms with Crippen molar-refractivity contribution in [1.82, 2.24) is 4.98 Å². The number of rotatable bonds is 3. The summed E-state index contributed by atoms with van der Waals surface area (Å²) in [4.78, 5) is 15.9. The van der Waals surface area contributed by atoms with Crippen molar-refractivity contribution in [1.29, 1.82) is 5.26 Å². The largest absolute Gasteiger partial charge is 0.465 e. The molecule has 106 valence electrons. The predicted molar refractivity (Wildman–Crippen MR) is 79.8 cm³/mol. The van der Waals surface area contributed by atoms with Gasteiger partial charge in [0.15, 0.2) is 0 Å². The van der Waals surface area contributed by atoms with E-state index in [2.05, 4.69) is 10.3 Å². The van der Waals surface area contributed by atoms with E-state index in [1.807, 2.05) is 37.3 Å². The van der Waals surface area contributed by atoms with Crippen molar-refractivity contribution in [2.45, 2.75) is 6.92 Å².